The number of carbonyl (C=O) groups is 1. The van der Waals surface area contributed by atoms with Crippen molar-refractivity contribution < 1.29 is 14.5 Å². The van der Waals surface area contributed by atoms with E-state index in [1.807, 2.05) is 0 Å². The number of hydrogen-bond acceptors (Lipinski definition) is 6. The first-order valence-corrected chi connectivity index (χ1v) is 5.45. The molecule has 0 aliphatic heterocycles. The molecule has 0 unspecified atom stereocenters. The van der Waals surface area contributed by atoms with Crippen LogP contribution in [0.2, 0.25) is 0 Å². The number of aromatic nitrogens is 2. The van der Waals surface area contributed by atoms with Crippen LogP contribution < -0.4 is 5.69 Å². The molecule has 0 saturated heterocycles. The van der Waals surface area contributed by atoms with Crippen LogP contribution in [-0.4, -0.2) is 28.0 Å². The first-order valence-electron chi connectivity index (χ1n) is 5.45. The lowest BCUT2D eigenvalue weighted by Crippen LogP contribution is -2.16. The van der Waals surface area contributed by atoms with Crippen LogP contribution in [0.5, 0.6) is 0 Å². The number of ether oxygens (including phenoxy) is 1. The molecule has 0 saturated carbocycles. The first kappa shape index (κ1) is 13.4. The SMILES string of the molecule is COC(=O)c1cnc(=O)[nH]c1-c1cccc([N+](=O)[O-])c1. The summed E-state index contributed by atoms with van der Waals surface area (Å²) in [7, 11) is 1.19. The number of aromatic amines is 1. The summed E-state index contributed by atoms with van der Waals surface area (Å²) in [6.45, 7) is 0. The van der Waals surface area contributed by atoms with Gasteiger partial charge in [0, 0.05) is 23.9 Å². The van der Waals surface area contributed by atoms with Crippen molar-refractivity contribution >= 4 is 11.7 Å². The summed E-state index contributed by atoms with van der Waals surface area (Å²) in [5.41, 5.74) is -0.359. The summed E-state index contributed by atoms with van der Waals surface area (Å²) in [6.07, 6.45) is 1.07. The molecule has 8 heteroatoms. The van der Waals surface area contributed by atoms with Gasteiger partial charge in [0.25, 0.3) is 5.69 Å². The van der Waals surface area contributed by atoms with Crippen LogP contribution in [0.4, 0.5) is 5.69 Å². The van der Waals surface area contributed by atoms with Crippen LogP contribution in [0.15, 0.2) is 35.3 Å². The Hall–Kier alpha value is -3.03. The van der Waals surface area contributed by atoms with Gasteiger partial charge in [0.05, 0.1) is 17.7 Å². The van der Waals surface area contributed by atoms with Gasteiger partial charge < -0.3 is 9.72 Å². The van der Waals surface area contributed by atoms with Gasteiger partial charge >= 0.3 is 11.7 Å². The number of carbonyl (C=O) groups excluding carboxylic acids is 1. The van der Waals surface area contributed by atoms with E-state index in [-0.39, 0.29) is 16.9 Å². The maximum Gasteiger partial charge on any atom is 0.345 e. The number of esters is 1. The molecule has 0 aliphatic carbocycles. The number of nitro benzene ring substituents is 1. The van der Waals surface area contributed by atoms with Crippen molar-refractivity contribution in [2.75, 3.05) is 7.11 Å². The number of rotatable bonds is 3. The fourth-order valence-electron chi connectivity index (χ4n) is 1.66. The van der Waals surface area contributed by atoms with Crippen LogP contribution in [0, 0.1) is 10.1 Å². The summed E-state index contributed by atoms with van der Waals surface area (Å²) in [5.74, 6) is -0.699. The van der Waals surface area contributed by atoms with Gasteiger partial charge in [-0.3, -0.25) is 10.1 Å². The second kappa shape index (κ2) is 5.31. The molecule has 2 rings (SSSR count). The zero-order valence-corrected chi connectivity index (χ0v) is 10.3. The zero-order chi connectivity index (χ0) is 14.7. The number of nitrogens with zero attached hydrogens (tertiary/aromatic N) is 2. The van der Waals surface area contributed by atoms with E-state index in [1.54, 1.807) is 0 Å². The fraction of sp³-hybridized carbons (Fsp3) is 0.0833. The highest BCUT2D eigenvalue weighted by Crippen LogP contribution is 2.24. The molecule has 0 spiro atoms. The van der Waals surface area contributed by atoms with Crippen molar-refractivity contribution in [3.63, 3.8) is 0 Å². The lowest BCUT2D eigenvalue weighted by atomic mass is 10.1. The predicted molar refractivity (Wildman–Crippen MR) is 68.3 cm³/mol. The van der Waals surface area contributed by atoms with E-state index in [0.29, 0.717) is 5.56 Å². The minimum Gasteiger partial charge on any atom is -0.465 e. The molecule has 0 fully saturated rings. The molecule has 2 aromatic rings. The summed E-state index contributed by atoms with van der Waals surface area (Å²) in [4.78, 5) is 38.9. The second-order valence-electron chi connectivity index (χ2n) is 3.78. The molecule has 1 aromatic carbocycles. The average molecular weight is 275 g/mol. The van der Waals surface area contributed by atoms with Crippen molar-refractivity contribution in [3.8, 4) is 11.3 Å². The van der Waals surface area contributed by atoms with Gasteiger partial charge in [0.2, 0.25) is 0 Å². The van der Waals surface area contributed by atoms with E-state index in [9.17, 15) is 19.7 Å². The van der Waals surface area contributed by atoms with Crippen molar-refractivity contribution in [2.45, 2.75) is 0 Å². The molecule has 0 amide bonds. The van der Waals surface area contributed by atoms with Gasteiger partial charge in [0.1, 0.15) is 5.56 Å². The van der Waals surface area contributed by atoms with E-state index < -0.39 is 16.6 Å². The quantitative estimate of drug-likeness (QED) is 0.510. The predicted octanol–water partition coefficient (Wildman–Crippen LogP) is 1.13. The molecule has 0 atom stereocenters. The number of nitrogens with one attached hydrogen (secondary N) is 1. The Morgan fingerprint density at radius 2 is 2.20 bits per heavy atom. The van der Waals surface area contributed by atoms with E-state index in [0.717, 1.165) is 6.20 Å². The number of non-ortho nitro benzene ring substituents is 1. The third kappa shape index (κ3) is 2.53. The molecular formula is C12H9N3O5. The Balaban J connectivity index is 2.65. The molecule has 20 heavy (non-hydrogen) atoms. The fourth-order valence-corrected chi connectivity index (χ4v) is 1.66. The Bertz CT molecular complexity index is 738. The van der Waals surface area contributed by atoms with Gasteiger partial charge in [-0.15, -0.1) is 0 Å². The molecule has 1 aromatic heterocycles. The number of H-pyrrole nitrogens is 1. The van der Waals surface area contributed by atoms with Crippen LogP contribution in [0.25, 0.3) is 11.3 Å². The van der Waals surface area contributed by atoms with Gasteiger partial charge in [-0.1, -0.05) is 12.1 Å². The van der Waals surface area contributed by atoms with E-state index in [2.05, 4.69) is 14.7 Å². The van der Waals surface area contributed by atoms with Gasteiger partial charge in [-0.25, -0.2) is 14.6 Å². The Morgan fingerprint density at radius 1 is 1.45 bits per heavy atom. The summed E-state index contributed by atoms with van der Waals surface area (Å²) < 4.78 is 4.58. The summed E-state index contributed by atoms with van der Waals surface area (Å²) >= 11 is 0. The lowest BCUT2D eigenvalue weighted by Gasteiger charge is -2.06. The van der Waals surface area contributed by atoms with Crippen LogP contribution in [-0.2, 0) is 4.74 Å². The highest BCUT2D eigenvalue weighted by molar-refractivity contribution is 5.95. The smallest absolute Gasteiger partial charge is 0.345 e. The summed E-state index contributed by atoms with van der Waals surface area (Å²) in [5, 5.41) is 10.8. The normalized spacial score (nSPS) is 10.1. The minimum atomic E-state index is -0.699. The van der Waals surface area contributed by atoms with E-state index in [1.165, 1.54) is 31.4 Å². The molecule has 0 radical (unpaired) electrons. The van der Waals surface area contributed by atoms with Gasteiger partial charge in [-0.2, -0.15) is 0 Å². The molecular weight excluding hydrogens is 266 g/mol. The third-order valence-corrected chi connectivity index (χ3v) is 2.56. The van der Waals surface area contributed by atoms with Gasteiger partial charge in [0.15, 0.2) is 0 Å². The number of hydrogen-bond donors (Lipinski definition) is 1. The average Bonchev–Trinajstić information content (AvgIpc) is 2.46. The summed E-state index contributed by atoms with van der Waals surface area (Å²) in [6, 6.07) is 5.54. The van der Waals surface area contributed by atoms with Crippen LogP contribution in [0.3, 0.4) is 0 Å². The lowest BCUT2D eigenvalue weighted by molar-refractivity contribution is -0.384. The monoisotopic (exact) mass is 275 g/mol. The minimum absolute atomic E-state index is 0.0209. The molecule has 1 heterocycles. The van der Waals surface area contributed by atoms with Crippen molar-refractivity contribution in [1.82, 2.24) is 9.97 Å². The third-order valence-electron chi connectivity index (χ3n) is 2.56. The highest BCUT2D eigenvalue weighted by Gasteiger charge is 2.17. The van der Waals surface area contributed by atoms with Crippen molar-refractivity contribution in [1.29, 1.82) is 0 Å². The number of methoxy groups -OCH3 is 1. The Kier molecular flexibility index (Phi) is 3.56. The maximum atomic E-state index is 11.6. The van der Waals surface area contributed by atoms with Crippen LogP contribution in [0.1, 0.15) is 10.4 Å². The molecule has 8 nitrogen and oxygen atoms in total. The Morgan fingerprint density at radius 3 is 2.85 bits per heavy atom. The molecule has 0 aliphatic rings. The van der Waals surface area contributed by atoms with Crippen molar-refractivity contribution in [2.24, 2.45) is 0 Å². The maximum absolute atomic E-state index is 11.6. The standard InChI is InChI=1S/C12H9N3O5/c1-20-11(16)9-6-13-12(17)14-10(9)7-3-2-4-8(5-7)15(18)19/h2-6H,1H3,(H,13,14,17). The van der Waals surface area contributed by atoms with Crippen LogP contribution >= 0.6 is 0 Å². The largest absolute Gasteiger partial charge is 0.465 e. The van der Waals surface area contributed by atoms with Crippen molar-refractivity contribution in [3.05, 3.63) is 56.6 Å². The zero-order valence-electron chi connectivity index (χ0n) is 10.3. The van der Waals surface area contributed by atoms with Gasteiger partial charge in [-0.05, 0) is 0 Å². The number of nitro groups is 1. The topological polar surface area (TPSA) is 115 Å². The second-order valence-corrected chi connectivity index (χ2v) is 3.78. The molecule has 0 bridgehead atoms. The molecule has 102 valence electrons. The number of benzene rings is 1. The molecule has 1 N–H and O–H groups in total. The highest BCUT2D eigenvalue weighted by atomic mass is 16.6. The first-order chi connectivity index (χ1) is 9.52. The van der Waals surface area contributed by atoms with E-state index in [4.69, 9.17) is 0 Å². The Labute approximate surface area is 112 Å². The van der Waals surface area contributed by atoms with E-state index >= 15 is 0 Å².